The summed E-state index contributed by atoms with van der Waals surface area (Å²) in [6.07, 6.45) is 8.33. The summed E-state index contributed by atoms with van der Waals surface area (Å²) in [6, 6.07) is 5.07. The van der Waals surface area contributed by atoms with Crippen LogP contribution in [0.25, 0.3) is 0 Å². The average molecular weight is 275 g/mol. The van der Waals surface area contributed by atoms with Crippen molar-refractivity contribution in [3.8, 4) is 0 Å². The highest BCUT2D eigenvalue weighted by Gasteiger charge is 2.23. The Morgan fingerprint density at radius 2 is 2.00 bits per heavy atom. The predicted octanol–water partition coefficient (Wildman–Crippen LogP) is 3.90. The van der Waals surface area contributed by atoms with E-state index in [2.05, 4.69) is 42.8 Å². The Bertz CT molecular complexity index is 393. The highest BCUT2D eigenvalue weighted by molar-refractivity contribution is 5.46. The van der Waals surface area contributed by atoms with Crippen molar-refractivity contribution in [1.82, 2.24) is 4.98 Å². The van der Waals surface area contributed by atoms with Gasteiger partial charge in [-0.25, -0.2) is 0 Å². The van der Waals surface area contributed by atoms with E-state index >= 15 is 0 Å². The second-order valence-corrected chi connectivity index (χ2v) is 6.44. The van der Waals surface area contributed by atoms with Gasteiger partial charge in [0, 0.05) is 18.6 Å². The van der Waals surface area contributed by atoms with Crippen molar-refractivity contribution in [2.24, 2.45) is 11.7 Å². The normalized spacial score (nSPS) is 17.6. The van der Waals surface area contributed by atoms with Crippen LogP contribution < -0.4 is 10.6 Å². The molecule has 1 aliphatic rings. The van der Waals surface area contributed by atoms with Crippen molar-refractivity contribution in [1.29, 1.82) is 0 Å². The van der Waals surface area contributed by atoms with Crippen LogP contribution in [-0.4, -0.2) is 17.6 Å². The molecular weight excluding hydrogens is 246 g/mol. The standard InChI is InChI=1S/C17H29N3/c1-4-16(18)17-10-9-15(11-19-17)20(12-13(2)3)14-7-5-6-8-14/h9-11,13-14,16H,4-8,12,18H2,1-3H3. The Balaban J connectivity index is 2.15. The molecule has 0 amide bonds. The first-order valence-corrected chi connectivity index (χ1v) is 8.10. The molecule has 2 N–H and O–H groups in total. The fourth-order valence-corrected chi connectivity index (χ4v) is 3.07. The topological polar surface area (TPSA) is 42.1 Å². The molecule has 1 fully saturated rings. The zero-order valence-electron chi connectivity index (χ0n) is 13.2. The number of pyridine rings is 1. The van der Waals surface area contributed by atoms with Gasteiger partial charge in [-0.15, -0.1) is 0 Å². The predicted molar refractivity (Wildman–Crippen MR) is 85.9 cm³/mol. The molecule has 1 aliphatic carbocycles. The SMILES string of the molecule is CCC(N)c1ccc(N(CC(C)C)C2CCCC2)cn1. The number of anilines is 1. The van der Waals surface area contributed by atoms with E-state index in [1.165, 1.54) is 31.4 Å². The maximum atomic E-state index is 6.05. The molecule has 0 bridgehead atoms. The van der Waals surface area contributed by atoms with E-state index in [1.807, 2.05) is 6.20 Å². The van der Waals surface area contributed by atoms with Gasteiger partial charge in [0.2, 0.25) is 0 Å². The molecule has 112 valence electrons. The minimum absolute atomic E-state index is 0.0640. The smallest absolute Gasteiger partial charge is 0.0572 e. The van der Waals surface area contributed by atoms with E-state index in [0.717, 1.165) is 18.7 Å². The molecule has 20 heavy (non-hydrogen) atoms. The summed E-state index contributed by atoms with van der Waals surface area (Å²) < 4.78 is 0. The van der Waals surface area contributed by atoms with Gasteiger partial charge in [-0.2, -0.15) is 0 Å². The van der Waals surface area contributed by atoms with Crippen molar-refractivity contribution in [3.63, 3.8) is 0 Å². The highest BCUT2D eigenvalue weighted by atomic mass is 15.2. The second-order valence-electron chi connectivity index (χ2n) is 6.44. The van der Waals surface area contributed by atoms with E-state index in [9.17, 15) is 0 Å². The maximum absolute atomic E-state index is 6.05. The van der Waals surface area contributed by atoms with Gasteiger partial charge in [0.05, 0.1) is 17.6 Å². The van der Waals surface area contributed by atoms with E-state index in [-0.39, 0.29) is 6.04 Å². The van der Waals surface area contributed by atoms with Crippen LogP contribution in [-0.2, 0) is 0 Å². The monoisotopic (exact) mass is 275 g/mol. The third kappa shape index (κ3) is 3.72. The van der Waals surface area contributed by atoms with Gasteiger partial charge in [-0.05, 0) is 37.3 Å². The van der Waals surface area contributed by atoms with E-state index in [0.29, 0.717) is 12.0 Å². The molecule has 1 aromatic rings. The van der Waals surface area contributed by atoms with Gasteiger partial charge in [0.1, 0.15) is 0 Å². The van der Waals surface area contributed by atoms with E-state index < -0.39 is 0 Å². The van der Waals surface area contributed by atoms with Crippen molar-refractivity contribution in [2.45, 2.75) is 65.0 Å². The summed E-state index contributed by atoms with van der Waals surface area (Å²) in [6.45, 7) is 7.79. The van der Waals surface area contributed by atoms with Crippen molar-refractivity contribution >= 4 is 5.69 Å². The lowest BCUT2D eigenvalue weighted by atomic mass is 10.1. The van der Waals surface area contributed by atoms with Gasteiger partial charge < -0.3 is 10.6 Å². The molecule has 1 atom stereocenters. The molecule has 1 unspecified atom stereocenters. The molecule has 1 aromatic heterocycles. The fourth-order valence-electron chi connectivity index (χ4n) is 3.07. The Morgan fingerprint density at radius 3 is 2.50 bits per heavy atom. The van der Waals surface area contributed by atoms with Crippen molar-refractivity contribution in [2.75, 3.05) is 11.4 Å². The first-order valence-electron chi connectivity index (χ1n) is 8.10. The molecule has 0 spiro atoms. The van der Waals surface area contributed by atoms with Crippen molar-refractivity contribution < 1.29 is 0 Å². The molecule has 1 saturated carbocycles. The van der Waals surface area contributed by atoms with Gasteiger partial charge in [0.15, 0.2) is 0 Å². The van der Waals surface area contributed by atoms with Crippen LogP contribution in [0.15, 0.2) is 18.3 Å². The maximum Gasteiger partial charge on any atom is 0.0572 e. The van der Waals surface area contributed by atoms with E-state index in [1.54, 1.807) is 0 Å². The minimum Gasteiger partial charge on any atom is -0.367 e. The summed E-state index contributed by atoms with van der Waals surface area (Å²) >= 11 is 0. The van der Waals surface area contributed by atoms with Crippen molar-refractivity contribution in [3.05, 3.63) is 24.0 Å². The Hall–Kier alpha value is -1.09. The largest absolute Gasteiger partial charge is 0.367 e. The number of nitrogens with two attached hydrogens (primary N) is 1. The van der Waals surface area contributed by atoms with Crippen LogP contribution in [0.5, 0.6) is 0 Å². The number of nitrogens with zero attached hydrogens (tertiary/aromatic N) is 2. The first-order chi connectivity index (χ1) is 9.61. The summed E-state index contributed by atoms with van der Waals surface area (Å²) in [5.74, 6) is 0.674. The van der Waals surface area contributed by atoms with Gasteiger partial charge >= 0.3 is 0 Å². The minimum atomic E-state index is 0.0640. The number of rotatable bonds is 6. The molecule has 3 heteroatoms. The third-order valence-corrected chi connectivity index (χ3v) is 4.25. The van der Waals surface area contributed by atoms with Gasteiger partial charge in [-0.3, -0.25) is 4.98 Å². The summed E-state index contributed by atoms with van der Waals surface area (Å²) in [5.41, 5.74) is 8.32. The molecule has 2 rings (SSSR count). The Morgan fingerprint density at radius 1 is 1.30 bits per heavy atom. The molecule has 3 nitrogen and oxygen atoms in total. The lowest BCUT2D eigenvalue weighted by molar-refractivity contribution is 0.535. The molecule has 0 radical (unpaired) electrons. The molecule has 0 saturated heterocycles. The summed E-state index contributed by atoms with van der Waals surface area (Å²) in [5, 5.41) is 0. The van der Waals surface area contributed by atoms with Gasteiger partial charge in [-0.1, -0.05) is 33.6 Å². The first kappa shape index (κ1) is 15.3. The van der Waals surface area contributed by atoms with Crippen LogP contribution in [0.4, 0.5) is 5.69 Å². The van der Waals surface area contributed by atoms with Crippen LogP contribution in [0.1, 0.15) is 64.6 Å². The average Bonchev–Trinajstić information content (AvgIpc) is 2.98. The Kier molecular flexibility index (Phi) is 5.41. The molecule has 1 heterocycles. The molecule has 0 aromatic carbocycles. The summed E-state index contributed by atoms with van der Waals surface area (Å²) in [4.78, 5) is 7.14. The lowest BCUT2D eigenvalue weighted by Crippen LogP contribution is -2.36. The second kappa shape index (κ2) is 7.07. The number of hydrogen-bond donors (Lipinski definition) is 1. The highest BCUT2D eigenvalue weighted by Crippen LogP contribution is 2.29. The number of hydrogen-bond acceptors (Lipinski definition) is 3. The van der Waals surface area contributed by atoms with Crippen LogP contribution in [0.2, 0.25) is 0 Å². The zero-order chi connectivity index (χ0) is 14.5. The third-order valence-electron chi connectivity index (χ3n) is 4.25. The number of aromatic nitrogens is 1. The zero-order valence-corrected chi connectivity index (χ0v) is 13.2. The Labute approximate surface area is 123 Å². The molecular formula is C17H29N3. The van der Waals surface area contributed by atoms with Crippen LogP contribution >= 0.6 is 0 Å². The lowest BCUT2D eigenvalue weighted by Gasteiger charge is -2.32. The summed E-state index contributed by atoms with van der Waals surface area (Å²) in [7, 11) is 0. The molecule has 0 aliphatic heterocycles. The fraction of sp³-hybridized carbons (Fsp3) is 0.706. The van der Waals surface area contributed by atoms with E-state index in [4.69, 9.17) is 5.73 Å². The van der Waals surface area contributed by atoms with Gasteiger partial charge in [0.25, 0.3) is 0 Å². The van der Waals surface area contributed by atoms with Crippen LogP contribution in [0.3, 0.4) is 0 Å². The van der Waals surface area contributed by atoms with Crippen LogP contribution in [0, 0.1) is 5.92 Å². The quantitative estimate of drug-likeness (QED) is 0.856.